The number of nitrogens with one attached hydrogen (secondary N) is 1. The largest absolute Gasteiger partial charge is 0.550 e. The van der Waals surface area contributed by atoms with Crippen molar-refractivity contribution >= 4 is 29.2 Å². The highest BCUT2D eigenvalue weighted by atomic mass is 35.5. The summed E-state index contributed by atoms with van der Waals surface area (Å²) in [6.45, 7) is 1.86. The average Bonchev–Trinajstić information content (AvgIpc) is 2.42. The molecule has 0 spiro atoms. The number of carbonyl (C=O) groups excluding carboxylic acids is 2. The van der Waals surface area contributed by atoms with Gasteiger partial charge in [0.1, 0.15) is 0 Å². The predicted octanol–water partition coefficient (Wildman–Crippen LogP) is 2.14. The van der Waals surface area contributed by atoms with E-state index >= 15 is 0 Å². The molecule has 1 fully saturated rings. The Kier molecular flexibility index (Phi) is 4.65. The highest BCUT2D eigenvalue weighted by Crippen LogP contribution is 2.31. The van der Waals surface area contributed by atoms with E-state index in [0.717, 1.165) is 18.4 Å². The lowest BCUT2D eigenvalue weighted by atomic mass is 9.78. The number of hydrogen-bond acceptors (Lipinski definition) is 3. The third kappa shape index (κ3) is 3.31. The first kappa shape index (κ1) is 14.9. The maximum absolute atomic E-state index is 12.3. The van der Waals surface area contributed by atoms with Crippen LogP contribution in [0.2, 0.25) is 5.02 Å². The normalized spacial score (nSPS) is 22.3. The maximum Gasteiger partial charge on any atom is 0.228 e. The fourth-order valence-electron chi connectivity index (χ4n) is 2.68. The van der Waals surface area contributed by atoms with E-state index in [-0.39, 0.29) is 5.91 Å². The van der Waals surface area contributed by atoms with Gasteiger partial charge in [0, 0.05) is 28.5 Å². The zero-order valence-electron chi connectivity index (χ0n) is 11.3. The monoisotopic (exact) mass is 294 g/mol. The number of aliphatic carboxylic acids is 1. The Balaban J connectivity index is 2.14. The molecule has 2 rings (SSSR count). The minimum absolute atomic E-state index is 0.260. The van der Waals surface area contributed by atoms with Crippen molar-refractivity contribution in [1.29, 1.82) is 0 Å². The third-order valence-electron chi connectivity index (χ3n) is 3.86. The molecule has 1 amide bonds. The van der Waals surface area contributed by atoms with E-state index in [1.807, 2.05) is 13.0 Å². The van der Waals surface area contributed by atoms with Crippen LogP contribution in [0.4, 0.5) is 5.69 Å². The van der Waals surface area contributed by atoms with Crippen LogP contribution >= 0.6 is 11.6 Å². The van der Waals surface area contributed by atoms with Crippen molar-refractivity contribution < 1.29 is 14.7 Å². The smallest absolute Gasteiger partial charge is 0.228 e. The molecule has 108 valence electrons. The molecule has 1 N–H and O–H groups in total. The predicted molar refractivity (Wildman–Crippen MR) is 75.3 cm³/mol. The highest BCUT2D eigenvalue weighted by Gasteiger charge is 2.31. The summed E-state index contributed by atoms with van der Waals surface area (Å²) in [5.41, 5.74) is 1.52. The summed E-state index contributed by atoms with van der Waals surface area (Å²) < 4.78 is 0. The molecule has 0 saturated heterocycles. The Bertz CT molecular complexity index is 530. The van der Waals surface area contributed by atoms with Crippen LogP contribution in [0.5, 0.6) is 0 Å². The minimum atomic E-state index is -1.13. The topological polar surface area (TPSA) is 69.2 Å². The molecule has 5 heteroatoms. The minimum Gasteiger partial charge on any atom is -0.550 e. The number of carboxylic acid groups (broad SMARTS) is 1. The fourth-order valence-corrected chi connectivity index (χ4v) is 2.85. The van der Waals surface area contributed by atoms with E-state index in [0.29, 0.717) is 23.6 Å². The molecule has 1 aliphatic carbocycles. The van der Waals surface area contributed by atoms with Crippen molar-refractivity contribution in [3.63, 3.8) is 0 Å². The van der Waals surface area contributed by atoms with Crippen LogP contribution in [-0.4, -0.2) is 11.9 Å². The molecule has 1 saturated carbocycles. The molecule has 1 aromatic rings. The van der Waals surface area contributed by atoms with Crippen LogP contribution in [0.25, 0.3) is 0 Å². The zero-order chi connectivity index (χ0) is 14.7. The van der Waals surface area contributed by atoms with Gasteiger partial charge in [-0.3, -0.25) is 4.79 Å². The number of anilines is 1. The van der Waals surface area contributed by atoms with Gasteiger partial charge in [0.2, 0.25) is 5.91 Å². The number of rotatable bonds is 3. The average molecular weight is 295 g/mol. The lowest BCUT2D eigenvalue weighted by Gasteiger charge is -2.31. The van der Waals surface area contributed by atoms with Gasteiger partial charge in [-0.15, -0.1) is 0 Å². The summed E-state index contributed by atoms with van der Waals surface area (Å²) in [7, 11) is 0. The van der Waals surface area contributed by atoms with Crippen molar-refractivity contribution in [3.8, 4) is 0 Å². The van der Waals surface area contributed by atoms with E-state index in [1.54, 1.807) is 12.1 Å². The second kappa shape index (κ2) is 6.27. The number of benzene rings is 1. The number of amides is 1. The van der Waals surface area contributed by atoms with Crippen molar-refractivity contribution in [3.05, 3.63) is 28.8 Å². The van der Waals surface area contributed by atoms with Crippen LogP contribution in [0.3, 0.4) is 0 Å². The summed E-state index contributed by atoms with van der Waals surface area (Å²) >= 11 is 5.91. The van der Waals surface area contributed by atoms with Gasteiger partial charge in [0.15, 0.2) is 0 Å². The molecule has 4 nitrogen and oxygen atoms in total. The molecule has 0 aliphatic heterocycles. The first-order valence-corrected chi connectivity index (χ1v) is 7.14. The van der Waals surface area contributed by atoms with Gasteiger partial charge in [-0.05, 0) is 37.5 Å². The van der Waals surface area contributed by atoms with Gasteiger partial charge < -0.3 is 15.2 Å². The lowest BCUT2D eigenvalue weighted by Crippen LogP contribution is -2.42. The Morgan fingerprint density at radius 2 is 1.90 bits per heavy atom. The van der Waals surface area contributed by atoms with Crippen LogP contribution in [-0.2, 0) is 9.59 Å². The second-order valence-corrected chi connectivity index (χ2v) is 5.70. The van der Waals surface area contributed by atoms with Crippen LogP contribution < -0.4 is 10.4 Å². The quantitative estimate of drug-likeness (QED) is 0.928. The van der Waals surface area contributed by atoms with E-state index in [1.165, 1.54) is 0 Å². The molecule has 2 atom stereocenters. The standard InChI is InChI=1S/C15H18ClNO3/c1-9-6-7-10(16)8-13(9)17-14(18)11-4-2-3-5-12(11)15(19)20/h6-8,11-12H,2-5H2,1H3,(H,17,18)(H,19,20)/p-1. The van der Waals surface area contributed by atoms with Gasteiger partial charge in [0.05, 0.1) is 0 Å². The van der Waals surface area contributed by atoms with E-state index in [2.05, 4.69) is 5.32 Å². The van der Waals surface area contributed by atoms with Gasteiger partial charge in [-0.25, -0.2) is 0 Å². The SMILES string of the molecule is Cc1ccc(Cl)cc1NC(=O)C1CCCCC1C(=O)[O-]. The van der Waals surface area contributed by atoms with Gasteiger partial charge in [-0.2, -0.15) is 0 Å². The Morgan fingerprint density at radius 1 is 1.25 bits per heavy atom. The highest BCUT2D eigenvalue weighted by molar-refractivity contribution is 6.31. The number of carbonyl (C=O) groups is 2. The molecule has 0 radical (unpaired) electrons. The molecule has 1 aromatic carbocycles. The molecular weight excluding hydrogens is 278 g/mol. The third-order valence-corrected chi connectivity index (χ3v) is 4.10. The number of hydrogen-bond donors (Lipinski definition) is 1. The Morgan fingerprint density at radius 3 is 2.55 bits per heavy atom. The lowest BCUT2D eigenvalue weighted by molar-refractivity contribution is -0.313. The van der Waals surface area contributed by atoms with Crippen molar-refractivity contribution in [2.24, 2.45) is 11.8 Å². The van der Waals surface area contributed by atoms with E-state index in [4.69, 9.17) is 11.6 Å². The van der Waals surface area contributed by atoms with Crippen LogP contribution in [0, 0.1) is 18.8 Å². The van der Waals surface area contributed by atoms with E-state index in [9.17, 15) is 14.7 Å². The Labute approximate surface area is 123 Å². The first-order valence-electron chi connectivity index (χ1n) is 6.77. The molecule has 2 unspecified atom stereocenters. The fraction of sp³-hybridized carbons (Fsp3) is 0.467. The number of halogens is 1. The molecule has 0 aromatic heterocycles. The molecule has 0 bridgehead atoms. The van der Waals surface area contributed by atoms with Gasteiger partial charge in [-0.1, -0.05) is 30.5 Å². The summed E-state index contributed by atoms with van der Waals surface area (Å²) in [6, 6.07) is 5.23. The number of carboxylic acids is 1. The van der Waals surface area contributed by atoms with Crippen molar-refractivity contribution in [1.82, 2.24) is 0 Å². The first-order chi connectivity index (χ1) is 9.49. The van der Waals surface area contributed by atoms with E-state index < -0.39 is 17.8 Å². The Hall–Kier alpha value is -1.55. The van der Waals surface area contributed by atoms with Crippen molar-refractivity contribution in [2.45, 2.75) is 32.6 Å². The number of aryl methyl sites for hydroxylation is 1. The molecule has 20 heavy (non-hydrogen) atoms. The summed E-state index contributed by atoms with van der Waals surface area (Å²) in [5, 5.41) is 14.5. The summed E-state index contributed by atoms with van der Waals surface area (Å²) in [6.07, 6.45) is 2.80. The van der Waals surface area contributed by atoms with Crippen LogP contribution in [0.15, 0.2) is 18.2 Å². The maximum atomic E-state index is 12.3. The molecular formula is C15H17ClNO3-. The van der Waals surface area contributed by atoms with Gasteiger partial charge >= 0.3 is 0 Å². The van der Waals surface area contributed by atoms with Crippen LogP contribution in [0.1, 0.15) is 31.2 Å². The second-order valence-electron chi connectivity index (χ2n) is 5.26. The summed E-state index contributed by atoms with van der Waals surface area (Å²) in [5.74, 6) is -2.60. The van der Waals surface area contributed by atoms with Gasteiger partial charge in [0.25, 0.3) is 0 Å². The van der Waals surface area contributed by atoms with Crippen molar-refractivity contribution in [2.75, 3.05) is 5.32 Å². The summed E-state index contributed by atoms with van der Waals surface area (Å²) in [4.78, 5) is 23.4. The molecule has 1 aliphatic rings. The zero-order valence-corrected chi connectivity index (χ0v) is 12.1. The molecule has 0 heterocycles.